The molecule has 2 heterocycles. The van der Waals surface area contributed by atoms with Gasteiger partial charge in [0.2, 0.25) is 0 Å². The summed E-state index contributed by atoms with van der Waals surface area (Å²) in [5, 5.41) is 0.102. The molecular formula is C9H15N3O3S. The molecule has 16 heavy (non-hydrogen) atoms. The van der Waals surface area contributed by atoms with Crippen LogP contribution in [0.25, 0.3) is 0 Å². The first kappa shape index (κ1) is 11.6. The molecule has 0 radical (unpaired) electrons. The maximum Gasteiger partial charge on any atom is 0.262 e. The fourth-order valence-electron chi connectivity index (χ4n) is 1.59. The quantitative estimate of drug-likeness (QED) is 0.738. The average molecular weight is 245 g/mol. The molecule has 0 atom stereocenters. The Morgan fingerprint density at radius 2 is 2.25 bits per heavy atom. The van der Waals surface area contributed by atoms with Gasteiger partial charge in [0.05, 0.1) is 12.4 Å². The van der Waals surface area contributed by atoms with Gasteiger partial charge in [-0.05, 0) is 6.92 Å². The molecule has 90 valence electrons. The number of imidazole rings is 1. The lowest BCUT2D eigenvalue weighted by molar-refractivity contribution is -0.0136. The zero-order valence-corrected chi connectivity index (χ0v) is 10.1. The first-order valence-electron chi connectivity index (χ1n) is 5.13. The van der Waals surface area contributed by atoms with Crippen molar-refractivity contribution in [2.75, 3.05) is 19.7 Å². The third-order valence-corrected chi connectivity index (χ3v) is 4.22. The molecule has 1 fully saturated rings. The van der Waals surface area contributed by atoms with Gasteiger partial charge >= 0.3 is 0 Å². The number of rotatable bonds is 4. The van der Waals surface area contributed by atoms with E-state index in [9.17, 15) is 8.42 Å². The molecule has 1 aromatic rings. The summed E-state index contributed by atoms with van der Waals surface area (Å²) in [5.41, 5.74) is 0. The van der Waals surface area contributed by atoms with E-state index in [0.717, 1.165) is 0 Å². The van der Waals surface area contributed by atoms with E-state index in [4.69, 9.17) is 4.74 Å². The molecule has 0 saturated carbocycles. The number of aryl methyl sites for hydroxylation is 1. The molecule has 7 heteroatoms. The second kappa shape index (κ2) is 4.15. The number of ether oxygens (including phenoxy) is 1. The Labute approximate surface area is 94.9 Å². The van der Waals surface area contributed by atoms with Crippen molar-refractivity contribution in [3.05, 3.63) is 12.5 Å². The molecule has 6 nitrogen and oxygen atoms in total. The Hall–Kier alpha value is -0.920. The van der Waals surface area contributed by atoms with E-state index in [1.165, 1.54) is 16.8 Å². The molecule has 2 rings (SSSR count). The monoisotopic (exact) mass is 245 g/mol. The van der Waals surface area contributed by atoms with Gasteiger partial charge in [0.1, 0.15) is 0 Å². The van der Waals surface area contributed by atoms with E-state index >= 15 is 0 Å². The fourth-order valence-corrected chi connectivity index (χ4v) is 3.06. The highest BCUT2D eigenvalue weighted by molar-refractivity contribution is 7.89. The molecule has 1 aliphatic heterocycles. The molecule has 0 bridgehead atoms. The van der Waals surface area contributed by atoms with Gasteiger partial charge in [-0.15, -0.1) is 0 Å². The lowest BCUT2D eigenvalue weighted by Crippen LogP contribution is -2.54. The fraction of sp³-hybridized carbons (Fsp3) is 0.667. The molecule has 0 aromatic carbocycles. The molecule has 1 saturated heterocycles. The van der Waals surface area contributed by atoms with E-state index < -0.39 is 10.0 Å². The average Bonchev–Trinajstić information content (AvgIpc) is 2.57. The summed E-state index contributed by atoms with van der Waals surface area (Å²) in [4.78, 5) is 3.85. The molecule has 1 aliphatic rings. The minimum absolute atomic E-state index is 0.0310. The number of aromatic nitrogens is 2. The number of hydrogen-bond acceptors (Lipinski definition) is 4. The predicted molar refractivity (Wildman–Crippen MR) is 57.4 cm³/mol. The second-order valence-electron chi connectivity index (χ2n) is 3.78. The lowest BCUT2D eigenvalue weighted by Gasteiger charge is -2.36. The standard InChI is InChI=1S/C9H15N3O3S/c1-3-15-8-4-12(5-8)16(13,14)9-6-11(2)7-10-9/h6-8H,3-5H2,1-2H3. The molecule has 1 aromatic heterocycles. The number of nitrogens with zero attached hydrogens (tertiary/aromatic N) is 3. The lowest BCUT2D eigenvalue weighted by atomic mass is 10.2. The van der Waals surface area contributed by atoms with Crippen molar-refractivity contribution >= 4 is 10.0 Å². The maximum absolute atomic E-state index is 12.0. The van der Waals surface area contributed by atoms with Gasteiger partial charge in [0.15, 0.2) is 5.03 Å². The van der Waals surface area contributed by atoms with Crippen LogP contribution in [0.1, 0.15) is 6.92 Å². The highest BCUT2D eigenvalue weighted by Gasteiger charge is 2.38. The van der Waals surface area contributed by atoms with Crippen LogP contribution in [-0.2, 0) is 21.8 Å². The minimum Gasteiger partial charge on any atom is -0.376 e. The normalized spacial score (nSPS) is 18.6. The smallest absolute Gasteiger partial charge is 0.262 e. The highest BCUT2D eigenvalue weighted by Crippen LogP contribution is 2.21. The summed E-state index contributed by atoms with van der Waals surface area (Å²) in [6, 6.07) is 0. The van der Waals surface area contributed by atoms with Crippen molar-refractivity contribution < 1.29 is 13.2 Å². The van der Waals surface area contributed by atoms with Gasteiger partial charge in [-0.1, -0.05) is 0 Å². The van der Waals surface area contributed by atoms with Crippen LogP contribution in [0.4, 0.5) is 0 Å². The predicted octanol–water partition coefficient (Wildman–Crippen LogP) is -0.170. The van der Waals surface area contributed by atoms with Crippen molar-refractivity contribution in [1.29, 1.82) is 0 Å². The summed E-state index contributed by atoms with van der Waals surface area (Å²) in [6.45, 7) is 3.36. The SMILES string of the molecule is CCOC1CN(S(=O)(=O)c2cn(C)cn2)C1. The van der Waals surface area contributed by atoms with Crippen LogP contribution in [0.5, 0.6) is 0 Å². The van der Waals surface area contributed by atoms with Crippen molar-refractivity contribution in [2.24, 2.45) is 7.05 Å². The van der Waals surface area contributed by atoms with Gasteiger partial charge < -0.3 is 9.30 Å². The zero-order valence-electron chi connectivity index (χ0n) is 9.33. The Morgan fingerprint density at radius 1 is 1.56 bits per heavy atom. The van der Waals surface area contributed by atoms with E-state index in [2.05, 4.69) is 4.98 Å². The summed E-state index contributed by atoms with van der Waals surface area (Å²) in [5.74, 6) is 0. The van der Waals surface area contributed by atoms with E-state index in [-0.39, 0.29) is 11.1 Å². The number of hydrogen-bond donors (Lipinski definition) is 0. The topological polar surface area (TPSA) is 64.4 Å². The molecule has 0 spiro atoms. The van der Waals surface area contributed by atoms with Crippen LogP contribution in [0.2, 0.25) is 0 Å². The Morgan fingerprint density at radius 3 is 2.75 bits per heavy atom. The third kappa shape index (κ3) is 1.98. The molecule has 0 unspecified atom stereocenters. The summed E-state index contributed by atoms with van der Waals surface area (Å²) in [6.07, 6.45) is 3.01. The third-order valence-electron chi connectivity index (χ3n) is 2.50. The van der Waals surface area contributed by atoms with E-state index in [0.29, 0.717) is 19.7 Å². The molecule has 0 aliphatic carbocycles. The van der Waals surface area contributed by atoms with Crippen molar-refractivity contribution in [3.63, 3.8) is 0 Å². The first-order chi connectivity index (χ1) is 7.54. The first-order valence-corrected chi connectivity index (χ1v) is 6.57. The van der Waals surface area contributed by atoms with Crippen LogP contribution in [0.15, 0.2) is 17.6 Å². The largest absolute Gasteiger partial charge is 0.376 e. The Kier molecular flexibility index (Phi) is 3.00. The van der Waals surface area contributed by atoms with Crippen LogP contribution in [-0.4, -0.2) is 48.1 Å². The zero-order chi connectivity index (χ0) is 11.8. The number of sulfonamides is 1. The summed E-state index contributed by atoms with van der Waals surface area (Å²) < 4.78 is 32.3. The van der Waals surface area contributed by atoms with Gasteiger partial charge in [-0.25, -0.2) is 13.4 Å². The summed E-state index contributed by atoms with van der Waals surface area (Å²) >= 11 is 0. The van der Waals surface area contributed by atoms with Gasteiger partial charge in [-0.2, -0.15) is 4.31 Å². The van der Waals surface area contributed by atoms with Crippen molar-refractivity contribution in [1.82, 2.24) is 13.9 Å². The minimum atomic E-state index is -3.41. The van der Waals surface area contributed by atoms with E-state index in [1.54, 1.807) is 11.6 Å². The van der Waals surface area contributed by atoms with Gasteiger partial charge in [0, 0.05) is 32.9 Å². The van der Waals surface area contributed by atoms with Crippen LogP contribution in [0.3, 0.4) is 0 Å². The van der Waals surface area contributed by atoms with Gasteiger partial charge in [0.25, 0.3) is 10.0 Å². The molecule has 0 N–H and O–H groups in total. The summed E-state index contributed by atoms with van der Waals surface area (Å²) in [7, 11) is -1.67. The molecular weight excluding hydrogens is 230 g/mol. The molecule has 0 amide bonds. The van der Waals surface area contributed by atoms with Crippen LogP contribution >= 0.6 is 0 Å². The Bertz CT molecular complexity index is 462. The van der Waals surface area contributed by atoms with E-state index in [1.807, 2.05) is 6.92 Å². The van der Waals surface area contributed by atoms with Crippen molar-refractivity contribution in [3.8, 4) is 0 Å². The maximum atomic E-state index is 12.0. The second-order valence-corrected chi connectivity index (χ2v) is 5.66. The van der Waals surface area contributed by atoms with Crippen LogP contribution < -0.4 is 0 Å². The van der Waals surface area contributed by atoms with Crippen LogP contribution in [0, 0.1) is 0 Å². The Balaban J connectivity index is 2.05. The highest BCUT2D eigenvalue weighted by atomic mass is 32.2. The van der Waals surface area contributed by atoms with Gasteiger partial charge in [-0.3, -0.25) is 0 Å². The van der Waals surface area contributed by atoms with Crippen molar-refractivity contribution in [2.45, 2.75) is 18.1 Å².